The highest BCUT2D eigenvalue weighted by molar-refractivity contribution is 5.71. The molecule has 62 heavy (non-hydrogen) atoms. The minimum atomic E-state index is -0.822. The molecule has 0 amide bonds. The Hall–Kier alpha value is -3.67. The molecule has 6 heteroatoms. The summed E-state index contributed by atoms with van der Waals surface area (Å²) in [6.45, 7) is 6.38. The summed E-state index contributed by atoms with van der Waals surface area (Å²) in [5, 5.41) is 0. The van der Waals surface area contributed by atoms with Crippen LogP contribution in [0.3, 0.4) is 0 Å². The van der Waals surface area contributed by atoms with Gasteiger partial charge in [0.25, 0.3) is 0 Å². The van der Waals surface area contributed by atoms with Crippen molar-refractivity contribution in [3.8, 4) is 0 Å². The second-order valence-corrected chi connectivity index (χ2v) is 16.4. The van der Waals surface area contributed by atoms with Crippen LogP contribution in [0.5, 0.6) is 0 Å². The lowest BCUT2D eigenvalue weighted by Gasteiger charge is -2.18. The molecule has 0 N–H and O–H groups in total. The average molecular weight is 861 g/mol. The maximum Gasteiger partial charge on any atom is 0.306 e. The van der Waals surface area contributed by atoms with Gasteiger partial charge in [-0.2, -0.15) is 0 Å². The van der Waals surface area contributed by atoms with E-state index < -0.39 is 6.10 Å². The SMILES string of the molecule is CC/C=C/C=C/C=C/C=C/CCCCCC(=O)OCC(COC(=O)CCC/C=C/C/C=C/C/C=C/CCCCCCCC)OC(=O)CCCCC/C=C/CCCCCCCCC. The molecule has 1 unspecified atom stereocenters. The van der Waals surface area contributed by atoms with E-state index in [1.165, 1.54) is 89.9 Å². The van der Waals surface area contributed by atoms with Crippen molar-refractivity contribution in [2.24, 2.45) is 0 Å². The summed E-state index contributed by atoms with van der Waals surface area (Å²) < 4.78 is 16.7. The molecular formula is C56H92O6. The Morgan fingerprint density at radius 1 is 0.355 bits per heavy atom. The maximum absolute atomic E-state index is 12.8. The van der Waals surface area contributed by atoms with Crippen LogP contribution in [0, 0.1) is 0 Å². The van der Waals surface area contributed by atoms with E-state index in [4.69, 9.17) is 14.2 Å². The Bertz CT molecular complexity index is 1260. The van der Waals surface area contributed by atoms with E-state index in [-0.39, 0.29) is 44.0 Å². The van der Waals surface area contributed by atoms with Gasteiger partial charge in [0, 0.05) is 19.3 Å². The number of unbranched alkanes of at least 4 members (excludes halogenated alkanes) is 20. The van der Waals surface area contributed by atoms with Crippen LogP contribution in [0.15, 0.2) is 97.2 Å². The third-order valence-electron chi connectivity index (χ3n) is 10.4. The topological polar surface area (TPSA) is 78.9 Å². The van der Waals surface area contributed by atoms with E-state index in [1.54, 1.807) is 0 Å². The molecule has 0 aliphatic rings. The van der Waals surface area contributed by atoms with E-state index in [1.807, 2.05) is 36.5 Å². The molecule has 0 heterocycles. The van der Waals surface area contributed by atoms with Crippen molar-refractivity contribution >= 4 is 17.9 Å². The number of allylic oxidation sites excluding steroid dienone is 16. The molecule has 0 saturated heterocycles. The van der Waals surface area contributed by atoms with Crippen molar-refractivity contribution in [2.45, 2.75) is 226 Å². The smallest absolute Gasteiger partial charge is 0.306 e. The normalized spacial score (nSPS) is 12.9. The van der Waals surface area contributed by atoms with Gasteiger partial charge in [0.1, 0.15) is 13.2 Å². The van der Waals surface area contributed by atoms with Crippen LogP contribution in [0.1, 0.15) is 220 Å². The second-order valence-electron chi connectivity index (χ2n) is 16.4. The van der Waals surface area contributed by atoms with E-state index in [2.05, 4.69) is 81.5 Å². The molecule has 0 aromatic heterocycles. The Labute approximate surface area is 381 Å². The summed E-state index contributed by atoms with van der Waals surface area (Å²) in [7, 11) is 0. The van der Waals surface area contributed by atoms with Gasteiger partial charge < -0.3 is 14.2 Å². The Balaban J connectivity index is 4.54. The van der Waals surface area contributed by atoms with Gasteiger partial charge in [-0.1, -0.05) is 201 Å². The summed E-state index contributed by atoms with van der Waals surface area (Å²) in [6, 6.07) is 0. The fraction of sp³-hybridized carbons (Fsp3) is 0.661. The fourth-order valence-corrected chi connectivity index (χ4v) is 6.58. The van der Waals surface area contributed by atoms with Crippen LogP contribution in [-0.4, -0.2) is 37.2 Å². The molecule has 0 saturated carbocycles. The highest BCUT2D eigenvalue weighted by atomic mass is 16.6. The lowest BCUT2D eigenvalue weighted by Crippen LogP contribution is -2.30. The molecule has 0 aromatic rings. The zero-order valence-corrected chi connectivity index (χ0v) is 40.1. The predicted octanol–water partition coefficient (Wildman–Crippen LogP) is 16.6. The third-order valence-corrected chi connectivity index (χ3v) is 10.4. The quantitative estimate of drug-likeness (QED) is 0.0200. The van der Waals surface area contributed by atoms with E-state index >= 15 is 0 Å². The summed E-state index contributed by atoms with van der Waals surface area (Å²) >= 11 is 0. The first-order chi connectivity index (χ1) is 30.5. The largest absolute Gasteiger partial charge is 0.462 e. The second kappa shape index (κ2) is 50.0. The highest BCUT2D eigenvalue weighted by Gasteiger charge is 2.19. The number of esters is 3. The minimum Gasteiger partial charge on any atom is -0.462 e. The van der Waals surface area contributed by atoms with E-state index in [0.29, 0.717) is 12.8 Å². The maximum atomic E-state index is 12.8. The van der Waals surface area contributed by atoms with Gasteiger partial charge in [0.05, 0.1) is 0 Å². The number of ether oxygens (including phenoxy) is 3. The van der Waals surface area contributed by atoms with Crippen LogP contribution in [-0.2, 0) is 28.6 Å². The minimum absolute atomic E-state index is 0.121. The zero-order chi connectivity index (χ0) is 45.1. The van der Waals surface area contributed by atoms with E-state index in [0.717, 1.165) is 83.5 Å². The molecule has 0 radical (unpaired) electrons. The van der Waals surface area contributed by atoms with Crippen molar-refractivity contribution in [3.05, 3.63) is 97.2 Å². The fourth-order valence-electron chi connectivity index (χ4n) is 6.58. The van der Waals surface area contributed by atoms with Gasteiger partial charge >= 0.3 is 17.9 Å². The van der Waals surface area contributed by atoms with Gasteiger partial charge in [-0.15, -0.1) is 0 Å². The van der Waals surface area contributed by atoms with Gasteiger partial charge in [0.2, 0.25) is 0 Å². The molecule has 0 fully saturated rings. The lowest BCUT2D eigenvalue weighted by atomic mass is 10.1. The summed E-state index contributed by atoms with van der Waals surface area (Å²) in [6.07, 6.45) is 65.4. The van der Waals surface area contributed by atoms with Crippen LogP contribution < -0.4 is 0 Å². The van der Waals surface area contributed by atoms with Crippen LogP contribution >= 0.6 is 0 Å². The standard InChI is InChI=1S/C56H92O6/c1-4-7-10-13-16-19-22-25-27-28-29-32-34-37-40-43-46-49-55(58)61-52-53(51-60-54(57)48-45-42-39-36-33-30-24-21-18-15-12-9-6-3)62-56(59)50-47-44-41-38-35-31-26-23-20-17-14-11-8-5-2/h9,12,15,18,21,24-25,27,29-33,35,37,40,53H,4-8,10-11,13-14,16-17,19-20,22-23,26,28,34,36,38-39,41-52H2,1-3H3/b12-9+,18-15+,24-21+,27-25+,32-29+,33-30+,35-31+,40-37+. The van der Waals surface area contributed by atoms with Crippen molar-refractivity contribution in [2.75, 3.05) is 13.2 Å². The molecule has 0 bridgehead atoms. The van der Waals surface area contributed by atoms with Gasteiger partial charge in [-0.25, -0.2) is 0 Å². The number of carbonyl (C=O) groups is 3. The molecule has 0 aromatic carbocycles. The molecule has 352 valence electrons. The summed E-state index contributed by atoms with van der Waals surface area (Å²) in [5.74, 6) is -1.03. The Morgan fingerprint density at radius 2 is 0.710 bits per heavy atom. The molecule has 6 nitrogen and oxygen atoms in total. The monoisotopic (exact) mass is 861 g/mol. The average Bonchev–Trinajstić information content (AvgIpc) is 3.27. The van der Waals surface area contributed by atoms with Crippen LogP contribution in [0.25, 0.3) is 0 Å². The zero-order valence-electron chi connectivity index (χ0n) is 40.1. The first-order valence-corrected chi connectivity index (χ1v) is 25.3. The number of carbonyl (C=O) groups excluding carboxylic acids is 3. The molecule has 0 aliphatic heterocycles. The van der Waals surface area contributed by atoms with Crippen LogP contribution in [0.4, 0.5) is 0 Å². The number of hydrogen-bond acceptors (Lipinski definition) is 6. The van der Waals surface area contributed by atoms with Gasteiger partial charge in [-0.05, 0) is 96.3 Å². The lowest BCUT2D eigenvalue weighted by molar-refractivity contribution is -0.167. The molecule has 0 spiro atoms. The number of rotatable bonds is 44. The van der Waals surface area contributed by atoms with E-state index in [9.17, 15) is 14.4 Å². The third kappa shape index (κ3) is 47.4. The van der Waals surface area contributed by atoms with Crippen molar-refractivity contribution in [1.82, 2.24) is 0 Å². The van der Waals surface area contributed by atoms with Crippen molar-refractivity contribution in [1.29, 1.82) is 0 Å². The Morgan fingerprint density at radius 3 is 1.21 bits per heavy atom. The highest BCUT2D eigenvalue weighted by Crippen LogP contribution is 2.12. The Kier molecular flexibility index (Phi) is 47.0. The van der Waals surface area contributed by atoms with Gasteiger partial charge in [-0.3, -0.25) is 14.4 Å². The van der Waals surface area contributed by atoms with Gasteiger partial charge in [0.15, 0.2) is 6.10 Å². The van der Waals surface area contributed by atoms with Crippen LogP contribution in [0.2, 0.25) is 0 Å². The molecular weight excluding hydrogens is 769 g/mol. The first kappa shape index (κ1) is 58.3. The summed E-state index contributed by atoms with van der Waals surface area (Å²) in [5.41, 5.74) is 0. The van der Waals surface area contributed by atoms with Crippen molar-refractivity contribution in [3.63, 3.8) is 0 Å². The van der Waals surface area contributed by atoms with Crippen molar-refractivity contribution < 1.29 is 28.6 Å². The number of hydrogen-bond donors (Lipinski definition) is 0. The summed E-state index contributed by atoms with van der Waals surface area (Å²) in [4.78, 5) is 37.9. The first-order valence-electron chi connectivity index (χ1n) is 25.3. The molecule has 1 atom stereocenters. The molecule has 0 aliphatic carbocycles. The molecule has 0 rings (SSSR count). The predicted molar refractivity (Wildman–Crippen MR) is 265 cm³/mol.